The van der Waals surface area contributed by atoms with E-state index in [9.17, 15) is 4.79 Å². The van der Waals surface area contributed by atoms with Crippen molar-refractivity contribution in [2.45, 2.75) is 20.3 Å². The van der Waals surface area contributed by atoms with Gasteiger partial charge in [-0.2, -0.15) is 5.26 Å². The average molecular weight is 231 g/mol. The average Bonchev–Trinajstić information content (AvgIpc) is 2.34. The molecule has 0 saturated heterocycles. The van der Waals surface area contributed by atoms with Gasteiger partial charge in [-0.05, 0) is 30.0 Å². The molecule has 1 aromatic rings. The summed E-state index contributed by atoms with van der Waals surface area (Å²) in [6, 6.07) is 5.68. The Labute approximate surface area is 102 Å². The van der Waals surface area contributed by atoms with Gasteiger partial charge in [-0.1, -0.05) is 13.8 Å². The fourth-order valence-electron chi connectivity index (χ4n) is 1.38. The molecule has 1 unspecified atom stereocenters. The second-order valence-corrected chi connectivity index (χ2v) is 4.38. The van der Waals surface area contributed by atoms with E-state index in [1.807, 2.05) is 32.0 Å². The normalized spacial score (nSPS) is 11.9. The molecule has 0 fully saturated rings. The Bertz CT molecular complexity index is 395. The smallest absolute Gasteiger partial charge is 0.237 e. The molecule has 4 heteroatoms. The molecule has 0 aliphatic rings. The van der Waals surface area contributed by atoms with E-state index < -0.39 is 5.92 Å². The molecule has 0 radical (unpaired) electrons. The van der Waals surface area contributed by atoms with Crippen molar-refractivity contribution in [2.24, 2.45) is 11.8 Å². The second kappa shape index (κ2) is 6.64. The van der Waals surface area contributed by atoms with Crippen LogP contribution in [0.1, 0.15) is 19.4 Å². The molecule has 1 amide bonds. The van der Waals surface area contributed by atoms with Crippen molar-refractivity contribution in [3.05, 3.63) is 30.1 Å². The number of nitrogens with zero attached hydrogens (tertiary/aromatic N) is 2. The summed E-state index contributed by atoms with van der Waals surface area (Å²) in [7, 11) is 0. The van der Waals surface area contributed by atoms with E-state index >= 15 is 0 Å². The summed E-state index contributed by atoms with van der Waals surface area (Å²) < 4.78 is 0. The number of hydrogen-bond donors (Lipinski definition) is 1. The molecule has 1 aromatic heterocycles. The lowest BCUT2D eigenvalue weighted by Gasteiger charge is -2.11. The van der Waals surface area contributed by atoms with Crippen molar-refractivity contribution >= 4 is 5.91 Å². The third-order valence-electron chi connectivity index (χ3n) is 2.35. The Morgan fingerprint density at radius 1 is 1.47 bits per heavy atom. The van der Waals surface area contributed by atoms with Crippen LogP contribution in [0.5, 0.6) is 0 Å². The van der Waals surface area contributed by atoms with Crippen molar-refractivity contribution in [1.82, 2.24) is 10.3 Å². The third-order valence-corrected chi connectivity index (χ3v) is 2.35. The van der Waals surface area contributed by atoms with Gasteiger partial charge in [0.15, 0.2) is 0 Å². The highest BCUT2D eigenvalue weighted by molar-refractivity contribution is 5.81. The third kappa shape index (κ3) is 4.64. The maximum Gasteiger partial charge on any atom is 0.237 e. The number of carbonyl (C=O) groups is 1. The minimum Gasteiger partial charge on any atom is -0.355 e. The largest absolute Gasteiger partial charge is 0.355 e. The summed E-state index contributed by atoms with van der Waals surface area (Å²) in [6.45, 7) is 4.64. The van der Waals surface area contributed by atoms with Crippen molar-refractivity contribution < 1.29 is 4.79 Å². The van der Waals surface area contributed by atoms with Gasteiger partial charge < -0.3 is 5.32 Å². The van der Waals surface area contributed by atoms with Crippen molar-refractivity contribution in [3.8, 4) is 6.07 Å². The molecule has 90 valence electrons. The number of aromatic nitrogens is 1. The number of carbonyl (C=O) groups excluding carboxylic acids is 1. The highest BCUT2D eigenvalue weighted by Crippen LogP contribution is 2.07. The lowest BCUT2D eigenvalue weighted by atomic mass is 10.0. The van der Waals surface area contributed by atoms with Crippen LogP contribution in [0.4, 0.5) is 0 Å². The van der Waals surface area contributed by atoms with Gasteiger partial charge >= 0.3 is 0 Å². The summed E-state index contributed by atoms with van der Waals surface area (Å²) in [4.78, 5) is 15.6. The summed E-state index contributed by atoms with van der Waals surface area (Å²) in [5.74, 6) is -0.437. The zero-order valence-electron chi connectivity index (χ0n) is 10.2. The van der Waals surface area contributed by atoms with Gasteiger partial charge in [-0.3, -0.25) is 9.78 Å². The minimum atomic E-state index is -0.629. The van der Waals surface area contributed by atoms with Gasteiger partial charge in [0.25, 0.3) is 0 Å². The molecule has 0 aliphatic heterocycles. The van der Waals surface area contributed by atoms with Gasteiger partial charge in [-0.15, -0.1) is 0 Å². The monoisotopic (exact) mass is 231 g/mol. The van der Waals surface area contributed by atoms with Gasteiger partial charge in [-0.25, -0.2) is 0 Å². The van der Waals surface area contributed by atoms with Gasteiger partial charge in [0.1, 0.15) is 5.92 Å². The van der Waals surface area contributed by atoms with E-state index in [0.29, 0.717) is 18.9 Å². The number of nitrogens with one attached hydrogen (secondary N) is 1. The molecule has 1 N–H and O–H groups in total. The van der Waals surface area contributed by atoms with Crippen LogP contribution in [0.2, 0.25) is 0 Å². The van der Waals surface area contributed by atoms with Crippen LogP contribution in [-0.4, -0.2) is 17.4 Å². The van der Waals surface area contributed by atoms with Crippen molar-refractivity contribution in [2.75, 3.05) is 6.54 Å². The fourth-order valence-corrected chi connectivity index (χ4v) is 1.38. The van der Waals surface area contributed by atoms with E-state index in [0.717, 1.165) is 5.56 Å². The minimum absolute atomic E-state index is 0.196. The summed E-state index contributed by atoms with van der Waals surface area (Å²) >= 11 is 0. The number of amides is 1. The predicted octanol–water partition coefficient (Wildman–Crippen LogP) is 1.54. The first-order valence-electron chi connectivity index (χ1n) is 5.69. The van der Waals surface area contributed by atoms with Crippen molar-refractivity contribution in [3.63, 3.8) is 0 Å². The first-order chi connectivity index (χ1) is 8.13. The summed E-state index contributed by atoms with van der Waals surface area (Å²) in [5.41, 5.74) is 0.950. The molecule has 17 heavy (non-hydrogen) atoms. The van der Waals surface area contributed by atoms with Crippen LogP contribution in [0.25, 0.3) is 0 Å². The Kier molecular flexibility index (Phi) is 5.15. The van der Waals surface area contributed by atoms with Gasteiger partial charge in [0.05, 0.1) is 6.07 Å². The Hall–Kier alpha value is -1.89. The quantitative estimate of drug-likeness (QED) is 0.835. The fraction of sp³-hybridized carbons (Fsp3) is 0.462. The highest BCUT2D eigenvalue weighted by Gasteiger charge is 2.18. The predicted molar refractivity (Wildman–Crippen MR) is 64.9 cm³/mol. The SMILES string of the molecule is CC(C)CNC(=O)C(C#N)Cc1ccncc1. The Balaban J connectivity index is 2.55. The van der Waals surface area contributed by atoms with Crippen LogP contribution in [0.15, 0.2) is 24.5 Å². The van der Waals surface area contributed by atoms with E-state index in [1.54, 1.807) is 12.4 Å². The number of pyridine rings is 1. The first kappa shape index (κ1) is 13.2. The summed E-state index contributed by atoms with van der Waals surface area (Å²) in [5, 5.41) is 11.8. The number of nitriles is 1. The molecule has 1 heterocycles. The molecular formula is C13H17N3O. The van der Waals surface area contributed by atoms with Gasteiger partial charge in [0, 0.05) is 18.9 Å². The summed E-state index contributed by atoms with van der Waals surface area (Å²) in [6.07, 6.45) is 3.76. The maximum atomic E-state index is 11.7. The first-order valence-corrected chi connectivity index (χ1v) is 5.69. The standard InChI is InChI=1S/C13H17N3O/c1-10(2)9-16-13(17)12(8-14)7-11-3-5-15-6-4-11/h3-6,10,12H,7,9H2,1-2H3,(H,16,17). The van der Waals surface area contributed by atoms with E-state index in [4.69, 9.17) is 5.26 Å². The van der Waals surface area contributed by atoms with Crippen LogP contribution >= 0.6 is 0 Å². The Morgan fingerprint density at radius 2 is 2.12 bits per heavy atom. The second-order valence-electron chi connectivity index (χ2n) is 4.38. The molecule has 0 aliphatic carbocycles. The zero-order chi connectivity index (χ0) is 12.7. The van der Waals surface area contributed by atoms with Crippen LogP contribution in [-0.2, 0) is 11.2 Å². The molecule has 0 spiro atoms. The lowest BCUT2D eigenvalue weighted by molar-refractivity contribution is -0.123. The van der Waals surface area contributed by atoms with E-state index in [1.165, 1.54) is 0 Å². The Morgan fingerprint density at radius 3 is 2.65 bits per heavy atom. The molecule has 0 aromatic carbocycles. The van der Waals surface area contributed by atoms with Crippen LogP contribution < -0.4 is 5.32 Å². The molecule has 1 rings (SSSR count). The van der Waals surface area contributed by atoms with Crippen LogP contribution in [0, 0.1) is 23.2 Å². The molecular weight excluding hydrogens is 214 g/mol. The molecule has 0 bridgehead atoms. The lowest BCUT2D eigenvalue weighted by Crippen LogP contribution is -2.33. The van der Waals surface area contributed by atoms with E-state index in [2.05, 4.69) is 10.3 Å². The van der Waals surface area contributed by atoms with Crippen molar-refractivity contribution in [1.29, 1.82) is 5.26 Å². The van der Waals surface area contributed by atoms with Gasteiger partial charge in [0.2, 0.25) is 5.91 Å². The molecule has 1 atom stereocenters. The number of rotatable bonds is 5. The number of hydrogen-bond acceptors (Lipinski definition) is 3. The maximum absolute atomic E-state index is 11.7. The molecule has 4 nitrogen and oxygen atoms in total. The van der Waals surface area contributed by atoms with Crippen LogP contribution in [0.3, 0.4) is 0 Å². The molecule has 0 saturated carbocycles. The highest BCUT2D eigenvalue weighted by atomic mass is 16.1. The van der Waals surface area contributed by atoms with E-state index in [-0.39, 0.29) is 5.91 Å². The topological polar surface area (TPSA) is 65.8 Å². The zero-order valence-corrected chi connectivity index (χ0v) is 10.2.